The minimum atomic E-state index is -0.784. The number of nitrogens with zero attached hydrogens (tertiary/aromatic N) is 3. The highest BCUT2D eigenvalue weighted by molar-refractivity contribution is 7.10. The van der Waals surface area contributed by atoms with E-state index >= 15 is 0 Å². The molecule has 0 bridgehead atoms. The predicted molar refractivity (Wildman–Crippen MR) is 127 cm³/mol. The number of fused-ring (bicyclic) bond motifs is 1. The molecule has 3 atom stereocenters. The van der Waals surface area contributed by atoms with E-state index in [9.17, 15) is 15.0 Å². The van der Waals surface area contributed by atoms with Crippen molar-refractivity contribution >= 4 is 28.2 Å². The molecular weight excluding hydrogens is 438 g/mol. The van der Waals surface area contributed by atoms with Crippen LogP contribution in [0.1, 0.15) is 35.8 Å². The number of aliphatic carboxylic acids is 1. The molecule has 2 aromatic heterocycles. The quantitative estimate of drug-likeness (QED) is 0.515. The molecule has 3 heterocycles. The fraction of sp³-hybridized carbons (Fsp3) is 0.400. The summed E-state index contributed by atoms with van der Waals surface area (Å²) >= 11 is 1.49. The number of rotatable bonds is 7. The monoisotopic (exact) mass is 465 g/mol. The van der Waals surface area contributed by atoms with Crippen LogP contribution >= 0.6 is 11.3 Å². The average molecular weight is 466 g/mol. The van der Waals surface area contributed by atoms with E-state index in [1.54, 1.807) is 25.0 Å². The zero-order valence-corrected chi connectivity index (χ0v) is 19.3. The molecule has 2 N–H and O–H groups in total. The van der Waals surface area contributed by atoms with Gasteiger partial charge in [0.15, 0.2) is 0 Å². The zero-order valence-electron chi connectivity index (χ0n) is 18.5. The van der Waals surface area contributed by atoms with Gasteiger partial charge in [0.05, 0.1) is 47.8 Å². The number of benzene rings is 1. The van der Waals surface area contributed by atoms with Gasteiger partial charge in [0.25, 0.3) is 0 Å². The average Bonchev–Trinajstić information content (AvgIpc) is 3.35. The number of aliphatic hydroxyl groups is 1. The van der Waals surface area contributed by atoms with Gasteiger partial charge >= 0.3 is 5.97 Å². The van der Waals surface area contributed by atoms with Crippen molar-refractivity contribution in [3.05, 3.63) is 52.6 Å². The van der Waals surface area contributed by atoms with E-state index in [4.69, 9.17) is 4.74 Å². The third-order valence-corrected chi connectivity index (χ3v) is 6.94. The molecule has 3 aromatic rings. The third-order valence-electron chi connectivity index (χ3n) is 6.26. The zero-order chi connectivity index (χ0) is 23.2. The summed E-state index contributed by atoms with van der Waals surface area (Å²) in [4.78, 5) is 23.4. The Kier molecular flexibility index (Phi) is 7.55. The fourth-order valence-electron chi connectivity index (χ4n) is 4.44. The second-order valence-corrected chi connectivity index (χ2v) is 9.16. The lowest BCUT2D eigenvalue weighted by Crippen LogP contribution is -2.44. The van der Waals surface area contributed by atoms with Crippen LogP contribution in [0.2, 0.25) is 0 Å². The number of aliphatic hydroxyl groups excluding tert-OH is 1. The first-order valence-electron chi connectivity index (χ1n) is 11.0. The van der Waals surface area contributed by atoms with Gasteiger partial charge in [-0.25, -0.2) is 0 Å². The maximum absolute atomic E-state index is 12.0. The van der Waals surface area contributed by atoms with E-state index in [0.717, 1.165) is 34.3 Å². The maximum Gasteiger partial charge on any atom is 0.308 e. The summed E-state index contributed by atoms with van der Waals surface area (Å²) in [5.74, 6) is 5.68. The SMILES string of the molecule is COc1ccc2nccc(C(O)CC[C@@H]3CCN(CC#Cc4cncs4)C[C@@H]3C(=O)O)c2c1. The van der Waals surface area contributed by atoms with Crippen LogP contribution in [0.25, 0.3) is 10.9 Å². The highest BCUT2D eigenvalue weighted by Crippen LogP contribution is 2.33. The van der Waals surface area contributed by atoms with Crippen molar-refractivity contribution < 1.29 is 19.7 Å². The number of carboxylic acids is 1. The van der Waals surface area contributed by atoms with Gasteiger partial charge in [-0.05, 0) is 61.6 Å². The second-order valence-electron chi connectivity index (χ2n) is 8.27. The largest absolute Gasteiger partial charge is 0.497 e. The summed E-state index contributed by atoms with van der Waals surface area (Å²) < 4.78 is 5.32. The van der Waals surface area contributed by atoms with E-state index in [0.29, 0.717) is 31.7 Å². The summed E-state index contributed by atoms with van der Waals surface area (Å²) in [5.41, 5.74) is 3.33. The number of hydrogen-bond acceptors (Lipinski definition) is 7. The summed E-state index contributed by atoms with van der Waals surface area (Å²) in [6, 6.07) is 7.43. The first kappa shape index (κ1) is 23.2. The van der Waals surface area contributed by atoms with Gasteiger partial charge in [-0.1, -0.05) is 11.8 Å². The highest BCUT2D eigenvalue weighted by Gasteiger charge is 2.34. The molecule has 8 heteroatoms. The molecule has 7 nitrogen and oxygen atoms in total. The minimum absolute atomic E-state index is 0.0190. The molecule has 0 aliphatic carbocycles. The van der Waals surface area contributed by atoms with Crippen LogP contribution < -0.4 is 4.74 Å². The Balaban J connectivity index is 1.38. The lowest BCUT2D eigenvalue weighted by molar-refractivity contribution is -0.146. The Morgan fingerprint density at radius 3 is 3.03 bits per heavy atom. The Morgan fingerprint density at radius 2 is 2.27 bits per heavy atom. The molecular formula is C25H27N3O4S. The molecule has 1 aromatic carbocycles. The van der Waals surface area contributed by atoms with Crippen molar-refractivity contribution in [3.8, 4) is 17.6 Å². The number of hydrogen-bond donors (Lipinski definition) is 2. The number of ether oxygens (including phenoxy) is 1. The molecule has 4 rings (SSSR count). The van der Waals surface area contributed by atoms with Crippen molar-refractivity contribution in [2.24, 2.45) is 11.8 Å². The van der Waals surface area contributed by atoms with E-state index in [1.165, 1.54) is 11.3 Å². The van der Waals surface area contributed by atoms with Gasteiger partial charge in [0.2, 0.25) is 0 Å². The lowest BCUT2D eigenvalue weighted by atomic mass is 9.81. The molecule has 1 unspecified atom stereocenters. The maximum atomic E-state index is 12.0. The van der Waals surface area contributed by atoms with Crippen molar-refractivity contribution in [1.82, 2.24) is 14.9 Å². The van der Waals surface area contributed by atoms with Crippen molar-refractivity contribution in [3.63, 3.8) is 0 Å². The smallest absolute Gasteiger partial charge is 0.308 e. The summed E-state index contributed by atoms with van der Waals surface area (Å²) in [7, 11) is 1.61. The van der Waals surface area contributed by atoms with Crippen molar-refractivity contribution in [2.45, 2.75) is 25.4 Å². The number of methoxy groups -OCH3 is 1. The predicted octanol–water partition coefficient (Wildman–Crippen LogP) is 3.59. The molecule has 1 fully saturated rings. The Morgan fingerprint density at radius 1 is 1.39 bits per heavy atom. The normalized spacial score (nSPS) is 19.6. The van der Waals surface area contributed by atoms with E-state index in [1.807, 2.05) is 24.3 Å². The van der Waals surface area contributed by atoms with Crippen LogP contribution in [-0.2, 0) is 4.79 Å². The lowest BCUT2D eigenvalue weighted by Gasteiger charge is -2.36. The number of thiazole rings is 1. The number of carbonyl (C=O) groups is 1. The van der Waals surface area contributed by atoms with Gasteiger partial charge in [0.1, 0.15) is 5.75 Å². The first-order valence-corrected chi connectivity index (χ1v) is 11.9. The summed E-state index contributed by atoms with van der Waals surface area (Å²) in [6.07, 6.45) is 4.65. The summed E-state index contributed by atoms with van der Waals surface area (Å²) in [5, 5.41) is 21.6. The molecule has 1 aliphatic heterocycles. The van der Waals surface area contributed by atoms with Crippen LogP contribution in [0.15, 0.2) is 42.2 Å². The highest BCUT2D eigenvalue weighted by atomic mass is 32.1. The topological polar surface area (TPSA) is 95.8 Å². The number of likely N-dealkylation sites (tertiary alicyclic amines) is 1. The minimum Gasteiger partial charge on any atom is -0.497 e. The van der Waals surface area contributed by atoms with Gasteiger partial charge in [-0.3, -0.25) is 19.7 Å². The van der Waals surface area contributed by atoms with Gasteiger partial charge in [0, 0.05) is 18.1 Å². The molecule has 0 saturated carbocycles. The number of carboxylic acid groups (broad SMARTS) is 1. The standard InChI is InChI=1S/C25H27N3O4S/c1-32-18-5-6-23-21(13-18)20(8-10-27-23)24(29)7-4-17-9-12-28(15-22(17)25(30)31)11-2-3-19-14-26-16-33-19/h5-6,8,10,13-14,16-17,22,24,29H,4,7,9,11-12,15H2,1H3,(H,30,31)/t17-,22+,24?/m1/s1. The van der Waals surface area contributed by atoms with Crippen molar-refractivity contribution in [1.29, 1.82) is 0 Å². The van der Waals surface area contributed by atoms with Crippen LogP contribution in [0.3, 0.4) is 0 Å². The first-order chi connectivity index (χ1) is 16.0. The number of piperidine rings is 1. The van der Waals surface area contributed by atoms with Gasteiger partial charge in [-0.2, -0.15) is 0 Å². The van der Waals surface area contributed by atoms with E-state index in [-0.39, 0.29) is 5.92 Å². The van der Waals surface area contributed by atoms with E-state index in [2.05, 4.69) is 26.7 Å². The molecule has 1 aliphatic rings. The van der Waals surface area contributed by atoms with Crippen molar-refractivity contribution in [2.75, 3.05) is 26.7 Å². The number of pyridine rings is 1. The fourth-order valence-corrected chi connectivity index (χ4v) is 4.93. The Bertz CT molecular complexity index is 1160. The molecule has 172 valence electrons. The van der Waals surface area contributed by atoms with Gasteiger partial charge in [-0.15, -0.1) is 11.3 Å². The number of aromatic nitrogens is 2. The molecule has 0 amide bonds. The van der Waals surface area contributed by atoms with Crippen LogP contribution in [0.5, 0.6) is 5.75 Å². The Hall–Kier alpha value is -2.99. The second kappa shape index (κ2) is 10.8. The van der Waals surface area contributed by atoms with Crippen LogP contribution in [0, 0.1) is 23.7 Å². The van der Waals surface area contributed by atoms with Crippen LogP contribution in [-0.4, -0.2) is 57.8 Å². The molecule has 0 radical (unpaired) electrons. The Labute approximate surface area is 197 Å². The van der Waals surface area contributed by atoms with Gasteiger partial charge < -0.3 is 14.9 Å². The third kappa shape index (κ3) is 5.69. The molecule has 1 saturated heterocycles. The van der Waals surface area contributed by atoms with Crippen LogP contribution in [0.4, 0.5) is 0 Å². The van der Waals surface area contributed by atoms with E-state index < -0.39 is 18.0 Å². The summed E-state index contributed by atoms with van der Waals surface area (Å²) in [6.45, 7) is 1.82. The molecule has 33 heavy (non-hydrogen) atoms. The molecule has 0 spiro atoms.